The zero-order valence-electron chi connectivity index (χ0n) is 13.2. The van der Waals surface area contributed by atoms with E-state index in [2.05, 4.69) is 5.32 Å². The number of hydrogen-bond acceptors (Lipinski definition) is 4. The van der Waals surface area contributed by atoms with Gasteiger partial charge in [-0.2, -0.15) is 0 Å². The summed E-state index contributed by atoms with van der Waals surface area (Å²) in [6.45, 7) is 3.58. The number of unbranched alkanes of at least 4 members (excludes halogenated alkanes) is 1. The van der Waals surface area contributed by atoms with Gasteiger partial charge in [0.25, 0.3) is 5.91 Å². The lowest BCUT2D eigenvalue weighted by Crippen LogP contribution is -2.46. The van der Waals surface area contributed by atoms with Crippen LogP contribution in [0.25, 0.3) is 0 Å². The Morgan fingerprint density at radius 1 is 1.32 bits per heavy atom. The largest absolute Gasteiger partial charge is 0.481 e. The molecule has 6 heteroatoms. The standard InChI is InChI=1S/C16H23NO4S/c1-4-5-6-14(16(19)20)17-15(18)11(2)21-12-7-9-13(22-3)10-8-12/h7-11,14H,4-6H2,1-3H3,(H,17,18)(H,19,20). The van der Waals surface area contributed by atoms with Gasteiger partial charge >= 0.3 is 5.97 Å². The number of benzene rings is 1. The van der Waals surface area contributed by atoms with E-state index < -0.39 is 24.0 Å². The zero-order chi connectivity index (χ0) is 16.5. The van der Waals surface area contributed by atoms with Crippen LogP contribution < -0.4 is 10.1 Å². The molecule has 0 aromatic heterocycles. The molecule has 0 aliphatic rings. The Labute approximate surface area is 135 Å². The van der Waals surface area contributed by atoms with Crippen molar-refractivity contribution in [1.29, 1.82) is 0 Å². The molecule has 1 amide bonds. The summed E-state index contributed by atoms with van der Waals surface area (Å²) in [6, 6.07) is 6.54. The number of carbonyl (C=O) groups is 2. The van der Waals surface area contributed by atoms with Gasteiger partial charge in [-0.1, -0.05) is 19.8 Å². The number of amides is 1. The van der Waals surface area contributed by atoms with Gasteiger partial charge in [0.05, 0.1) is 0 Å². The molecule has 0 saturated heterocycles. The number of aliphatic carboxylic acids is 1. The predicted octanol–water partition coefficient (Wildman–Crippen LogP) is 2.94. The lowest BCUT2D eigenvalue weighted by atomic mass is 10.1. The first-order valence-electron chi connectivity index (χ1n) is 7.31. The van der Waals surface area contributed by atoms with Crippen LogP contribution in [0.3, 0.4) is 0 Å². The van der Waals surface area contributed by atoms with Gasteiger partial charge in [-0.3, -0.25) is 4.79 Å². The fraction of sp³-hybridized carbons (Fsp3) is 0.500. The molecule has 2 unspecified atom stereocenters. The fourth-order valence-corrected chi connectivity index (χ4v) is 2.27. The van der Waals surface area contributed by atoms with Crippen LogP contribution in [0.2, 0.25) is 0 Å². The summed E-state index contributed by atoms with van der Waals surface area (Å²) in [5.41, 5.74) is 0. The molecule has 0 radical (unpaired) electrons. The Kier molecular flexibility index (Phi) is 7.80. The molecule has 0 fully saturated rings. The van der Waals surface area contributed by atoms with E-state index in [0.717, 1.165) is 17.7 Å². The molecular formula is C16H23NO4S. The number of carboxylic acids is 1. The molecule has 1 aromatic rings. The first-order valence-corrected chi connectivity index (χ1v) is 8.54. The van der Waals surface area contributed by atoms with Crippen molar-refractivity contribution in [2.45, 2.75) is 50.2 Å². The van der Waals surface area contributed by atoms with Crippen LogP contribution in [0.15, 0.2) is 29.2 Å². The summed E-state index contributed by atoms with van der Waals surface area (Å²) in [5.74, 6) is -0.850. The van der Waals surface area contributed by atoms with E-state index in [1.807, 2.05) is 25.3 Å². The van der Waals surface area contributed by atoms with Crippen molar-refractivity contribution in [2.75, 3.05) is 6.26 Å². The van der Waals surface area contributed by atoms with E-state index >= 15 is 0 Å². The molecule has 0 spiro atoms. The lowest BCUT2D eigenvalue weighted by molar-refractivity contribution is -0.143. The molecule has 5 nitrogen and oxygen atoms in total. The van der Waals surface area contributed by atoms with Crippen molar-refractivity contribution in [3.8, 4) is 5.75 Å². The van der Waals surface area contributed by atoms with Crippen molar-refractivity contribution >= 4 is 23.6 Å². The van der Waals surface area contributed by atoms with Gasteiger partial charge in [-0.05, 0) is 43.9 Å². The molecule has 122 valence electrons. The number of carboxylic acid groups (broad SMARTS) is 1. The molecule has 1 rings (SSSR count). The number of rotatable bonds is 9. The molecule has 0 aliphatic heterocycles. The van der Waals surface area contributed by atoms with Gasteiger partial charge in [-0.15, -0.1) is 11.8 Å². The van der Waals surface area contributed by atoms with Gasteiger partial charge < -0.3 is 15.2 Å². The number of nitrogens with one attached hydrogen (secondary N) is 1. The van der Waals surface area contributed by atoms with Crippen molar-refractivity contribution in [3.05, 3.63) is 24.3 Å². The molecule has 0 aliphatic carbocycles. The molecule has 0 bridgehead atoms. The summed E-state index contributed by atoms with van der Waals surface area (Å²) >= 11 is 1.62. The topological polar surface area (TPSA) is 75.6 Å². The molecule has 0 heterocycles. The zero-order valence-corrected chi connectivity index (χ0v) is 14.0. The van der Waals surface area contributed by atoms with Crippen molar-refractivity contribution in [1.82, 2.24) is 5.32 Å². The first-order chi connectivity index (χ1) is 10.5. The normalized spacial score (nSPS) is 13.2. The van der Waals surface area contributed by atoms with E-state index in [9.17, 15) is 9.59 Å². The minimum atomic E-state index is -1.02. The highest BCUT2D eigenvalue weighted by Gasteiger charge is 2.23. The van der Waals surface area contributed by atoms with Crippen LogP contribution in [0.4, 0.5) is 0 Å². The SMILES string of the molecule is CCCCC(NC(=O)C(C)Oc1ccc(SC)cc1)C(=O)O. The predicted molar refractivity (Wildman–Crippen MR) is 87.4 cm³/mol. The van der Waals surface area contributed by atoms with Crippen LogP contribution in [0.1, 0.15) is 33.1 Å². The maximum atomic E-state index is 12.0. The Hall–Kier alpha value is -1.69. The molecule has 1 aromatic carbocycles. The lowest BCUT2D eigenvalue weighted by Gasteiger charge is -2.18. The molecule has 0 saturated carbocycles. The summed E-state index contributed by atoms with van der Waals surface area (Å²) < 4.78 is 5.55. The van der Waals surface area contributed by atoms with Gasteiger partial charge in [0.2, 0.25) is 0 Å². The molecular weight excluding hydrogens is 302 g/mol. The third-order valence-electron chi connectivity index (χ3n) is 3.20. The van der Waals surface area contributed by atoms with E-state index in [4.69, 9.17) is 9.84 Å². The van der Waals surface area contributed by atoms with E-state index in [0.29, 0.717) is 12.2 Å². The average molecular weight is 325 g/mol. The summed E-state index contributed by atoms with van der Waals surface area (Å²) in [5, 5.41) is 11.6. The minimum absolute atomic E-state index is 0.419. The minimum Gasteiger partial charge on any atom is -0.481 e. The van der Waals surface area contributed by atoms with Gasteiger partial charge in [0, 0.05) is 4.90 Å². The van der Waals surface area contributed by atoms with Gasteiger partial charge in [0.1, 0.15) is 11.8 Å². The van der Waals surface area contributed by atoms with E-state index in [1.165, 1.54) is 0 Å². The summed E-state index contributed by atoms with van der Waals surface area (Å²) in [6.07, 6.45) is 3.29. The fourth-order valence-electron chi connectivity index (χ4n) is 1.87. The first kappa shape index (κ1) is 18.4. The Morgan fingerprint density at radius 3 is 2.45 bits per heavy atom. The maximum Gasteiger partial charge on any atom is 0.326 e. The third-order valence-corrected chi connectivity index (χ3v) is 3.95. The second-order valence-electron chi connectivity index (χ2n) is 4.98. The second kappa shape index (κ2) is 9.35. The third kappa shape index (κ3) is 5.97. The Morgan fingerprint density at radius 2 is 1.95 bits per heavy atom. The van der Waals surface area contributed by atoms with E-state index in [1.54, 1.807) is 30.8 Å². The number of hydrogen-bond donors (Lipinski definition) is 2. The Bertz CT molecular complexity index is 489. The summed E-state index contributed by atoms with van der Waals surface area (Å²) in [7, 11) is 0. The number of thioether (sulfide) groups is 1. The highest BCUT2D eigenvalue weighted by molar-refractivity contribution is 7.98. The van der Waals surface area contributed by atoms with Crippen molar-refractivity contribution in [3.63, 3.8) is 0 Å². The Balaban J connectivity index is 2.57. The van der Waals surface area contributed by atoms with E-state index in [-0.39, 0.29) is 0 Å². The van der Waals surface area contributed by atoms with Crippen LogP contribution in [0, 0.1) is 0 Å². The van der Waals surface area contributed by atoms with Crippen LogP contribution in [0.5, 0.6) is 5.75 Å². The monoisotopic (exact) mass is 325 g/mol. The van der Waals surface area contributed by atoms with Gasteiger partial charge in [0.15, 0.2) is 6.10 Å². The smallest absolute Gasteiger partial charge is 0.326 e. The number of ether oxygens (including phenoxy) is 1. The van der Waals surface area contributed by atoms with Crippen LogP contribution >= 0.6 is 11.8 Å². The molecule has 2 N–H and O–H groups in total. The van der Waals surface area contributed by atoms with Crippen molar-refractivity contribution < 1.29 is 19.4 Å². The quantitative estimate of drug-likeness (QED) is 0.683. The molecule has 2 atom stereocenters. The van der Waals surface area contributed by atoms with Gasteiger partial charge in [-0.25, -0.2) is 4.79 Å². The second-order valence-corrected chi connectivity index (χ2v) is 5.86. The number of carbonyl (C=O) groups excluding carboxylic acids is 1. The summed E-state index contributed by atoms with van der Waals surface area (Å²) in [4.78, 5) is 24.3. The van der Waals surface area contributed by atoms with Crippen LogP contribution in [-0.4, -0.2) is 35.4 Å². The maximum absolute atomic E-state index is 12.0. The van der Waals surface area contributed by atoms with Crippen LogP contribution in [-0.2, 0) is 9.59 Å². The highest BCUT2D eigenvalue weighted by Crippen LogP contribution is 2.19. The average Bonchev–Trinajstić information content (AvgIpc) is 2.51. The van der Waals surface area contributed by atoms with Crippen molar-refractivity contribution in [2.24, 2.45) is 0 Å². The molecule has 22 heavy (non-hydrogen) atoms. The highest BCUT2D eigenvalue weighted by atomic mass is 32.2.